The summed E-state index contributed by atoms with van der Waals surface area (Å²) in [7, 11) is 1.41. The maximum atomic E-state index is 12.1. The molecule has 0 aliphatic carbocycles. The van der Waals surface area contributed by atoms with E-state index >= 15 is 0 Å². The molecule has 0 bridgehead atoms. The molecule has 1 aliphatic heterocycles. The van der Waals surface area contributed by atoms with Gasteiger partial charge in [-0.15, -0.1) is 6.42 Å². The van der Waals surface area contributed by atoms with Crippen LogP contribution in [0.15, 0.2) is 23.1 Å². The number of nitrogens with zero attached hydrogens (tertiary/aromatic N) is 1. The van der Waals surface area contributed by atoms with Gasteiger partial charge in [0, 0.05) is 0 Å². The second-order valence-corrected chi connectivity index (χ2v) is 5.56. The predicted octanol–water partition coefficient (Wildman–Crippen LogP) is 1.83. The highest BCUT2D eigenvalue weighted by Gasteiger charge is 2.34. The molecule has 0 radical (unpaired) electrons. The zero-order chi connectivity index (χ0) is 17.7. The van der Waals surface area contributed by atoms with E-state index in [1.54, 1.807) is 12.1 Å². The lowest BCUT2D eigenvalue weighted by Gasteiger charge is -2.10. The van der Waals surface area contributed by atoms with Crippen LogP contribution in [-0.2, 0) is 9.59 Å². The summed E-state index contributed by atoms with van der Waals surface area (Å²) >= 11 is 0.802. The third-order valence-electron chi connectivity index (χ3n) is 2.96. The molecule has 0 aromatic heterocycles. The molecule has 8 heteroatoms. The Morgan fingerprint density at radius 1 is 1.42 bits per heavy atom. The Kier molecular flexibility index (Phi) is 5.50. The van der Waals surface area contributed by atoms with Gasteiger partial charge >= 0.3 is 5.97 Å². The molecule has 2 rings (SSSR count). The minimum Gasteiger partial charge on any atom is -0.493 e. The quantitative estimate of drug-likeness (QED) is 0.620. The smallest absolute Gasteiger partial charge is 0.341 e. The van der Waals surface area contributed by atoms with E-state index in [1.807, 2.05) is 0 Å². The van der Waals surface area contributed by atoms with Gasteiger partial charge in [-0.25, -0.2) is 4.79 Å². The second-order valence-electron chi connectivity index (χ2n) is 4.56. The van der Waals surface area contributed by atoms with E-state index in [0.717, 1.165) is 16.7 Å². The standard InChI is InChI=1S/C16H13NO6S/c1-3-6-17-15(20)13(24-16(17)21)8-10-4-5-11(12(7-10)22-2)23-9-14(18)19/h1,4-5,7-8H,6,9H2,2H3,(H,18,19)/b13-8+. The van der Waals surface area contributed by atoms with E-state index in [9.17, 15) is 14.4 Å². The van der Waals surface area contributed by atoms with E-state index in [2.05, 4.69) is 5.92 Å². The largest absolute Gasteiger partial charge is 0.493 e. The molecule has 2 amide bonds. The van der Waals surface area contributed by atoms with Crippen molar-refractivity contribution in [3.63, 3.8) is 0 Å². The third-order valence-corrected chi connectivity index (χ3v) is 3.87. The number of carboxylic acid groups (broad SMARTS) is 1. The van der Waals surface area contributed by atoms with E-state index in [4.69, 9.17) is 21.0 Å². The maximum Gasteiger partial charge on any atom is 0.341 e. The number of amides is 2. The van der Waals surface area contributed by atoms with Crippen LogP contribution in [0.3, 0.4) is 0 Å². The molecule has 0 unspecified atom stereocenters. The predicted molar refractivity (Wildman–Crippen MR) is 87.6 cm³/mol. The summed E-state index contributed by atoms with van der Waals surface area (Å²) in [6.07, 6.45) is 6.67. The van der Waals surface area contributed by atoms with Gasteiger partial charge in [0.15, 0.2) is 18.1 Å². The van der Waals surface area contributed by atoms with Crippen molar-refractivity contribution < 1.29 is 29.0 Å². The first-order valence-electron chi connectivity index (χ1n) is 6.67. The number of carbonyl (C=O) groups excluding carboxylic acids is 2. The summed E-state index contributed by atoms with van der Waals surface area (Å²) in [4.78, 5) is 35.6. The number of imide groups is 1. The fourth-order valence-electron chi connectivity index (χ4n) is 1.91. The Bertz CT molecular complexity index is 764. The average molecular weight is 347 g/mol. The number of thioether (sulfide) groups is 1. The topological polar surface area (TPSA) is 93.1 Å². The number of rotatable bonds is 6. The Balaban J connectivity index is 2.24. The molecule has 1 fully saturated rings. The number of ether oxygens (including phenoxy) is 2. The van der Waals surface area contributed by atoms with Crippen molar-refractivity contribution in [1.82, 2.24) is 4.90 Å². The molecule has 1 heterocycles. The molecule has 24 heavy (non-hydrogen) atoms. The molecule has 0 spiro atoms. The van der Waals surface area contributed by atoms with Crippen LogP contribution >= 0.6 is 11.8 Å². The van der Waals surface area contributed by atoms with Crippen LogP contribution in [0.5, 0.6) is 11.5 Å². The molecule has 7 nitrogen and oxygen atoms in total. The summed E-state index contributed by atoms with van der Waals surface area (Å²) in [6, 6.07) is 4.72. The number of methoxy groups -OCH3 is 1. The van der Waals surface area contributed by atoms with Gasteiger partial charge in [-0.1, -0.05) is 12.0 Å². The van der Waals surface area contributed by atoms with E-state index in [1.165, 1.54) is 19.3 Å². The van der Waals surface area contributed by atoms with Gasteiger partial charge in [0.2, 0.25) is 0 Å². The van der Waals surface area contributed by atoms with Crippen molar-refractivity contribution in [2.24, 2.45) is 0 Å². The van der Waals surface area contributed by atoms with Gasteiger partial charge in [-0.05, 0) is 35.5 Å². The molecule has 1 aromatic rings. The van der Waals surface area contributed by atoms with Gasteiger partial charge in [0.1, 0.15) is 0 Å². The van der Waals surface area contributed by atoms with E-state index < -0.39 is 23.7 Å². The van der Waals surface area contributed by atoms with Crippen LogP contribution in [-0.4, -0.2) is 47.4 Å². The Morgan fingerprint density at radius 2 is 2.17 bits per heavy atom. The first-order valence-corrected chi connectivity index (χ1v) is 7.49. The Morgan fingerprint density at radius 3 is 2.79 bits per heavy atom. The number of carboxylic acids is 1. The zero-order valence-electron chi connectivity index (χ0n) is 12.6. The van der Waals surface area contributed by atoms with Crippen LogP contribution in [0, 0.1) is 12.3 Å². The molecule has 1 saturated heterocycles. The first-order chi connectivity index (χ1) is 11.5. The highest BCUT2D eigenvalue weighted by atomic mass is 32.2. The maximum absolute atomic E-state index is 12.1. The summed E-state index contributed by atoms with van der Waals surface area (Å²) in [6.45, 7) is -0.575. The van der Waals surface area contributed by atoms with Gasteiger partial charge < -0.3 is 14.6 Å². The van der Waals surface area contributed by atoms with Crippen molar-refractivity contribution in [3.8, 4) is 23.8 Å². The second kappa shape index (κ2) is 7.57. The van der Waals surface area contributed by atoms with Gasteiger partial charge in [0.25, 0.3) is 11.1 Å². The van der Waals surface area contributed by atoms with Crippen molar-refractivity contribution >= 4 is 35.0 Å². The molecular formula is C16H13NO6S. The first kappa shape index (κ1) is 17.4. The Hall–Kier alpha value is -2.92. The average Bonchev–Trinajstić information content (AvgIpc) is 2.81. The number of hydrogen-bond donors (Lipinski definition) is 1. The lowest BCUT2D eigenvalue weighted by atomic mass is 10.2. The van der Waals surface area contributed by atoms with Gasteiger partial charge in [0.05, 0.1) is 18.6 Å². The minimum atomic E-state index is -1.11. The lowest BCUT2D eigenvalue weighted by molar-refractivity contribution is -0.139. The van der Waals surface area contributed by atoms with Crippen molar-refractivity contribution in [2.45, 2.75) is 0 Å². The summed E-state index contributed by atoms with van der Waals surface area (Å²) in [5, 5.41) is 8.22. The van der Waals surface area contributed by atoms with Crippen molar-refractivity contribution in [2.75, 3.05) is 20.3 Å². The number of carbonyl (C=O) groups is 3. The highest BCUT2D eigenvalue weighted by Crippen LogP contribution is 2.34. The van der Waals surface area contributed by atoms with Crippen LogP contribution < -0.4 is 9.47 Å². The molecular weight excluding hydrogens is 334 g/mol. The summed E-state index contributed by atoms with van der Waals surface area (Å²) < 4.78 is 10.2. The fraction of sp³-hybridized carbons (Fsp3) is 0.188. The van der Waals surface area contributed by atoms with E-state index in [-0.39, 0.29) is 17.2 Å². The summed E-state index contributed by atoms with van der Waals surface area (Å²) in [5.41, 5.74) is 0.598. The van der Waals surface area contributed by atoms with E-state index in [0.29, 0.717) is 11.3 Å². The highest BCUT2D eigenvalue weighted by molar-refractivity contribution is 8.18. The van der Waals surface area contributed by atoms with Gasteiger partial charge in [-0.2, -0.15) is 0 Å². The number of aliphatic carboxylic acids is 1. The van der Waals surface area contributed by atoms with Crippen molar-refractivity contribution in [3.05, 3.63) is 28.7 Å². The molecule has 1 N–H and O–H groups in total. The van der Waals surface area contributed by atoms with Crippen LogP contribution in [0.4, 0.5) is 4.79 Å². The summed E-state index contributed by atoms with van der Waals surface area (Å²) in [5.74, 6) is 1.28. The molecule has 124 valence electrons. The fourth-order valence-corrected chi connectivity index (χ4v) is 2.75. The van der Waals surface area contributed by atoms with Crippen LogP contribution in [0.25, 0.3) is 6.08 Å². The molecule has 1 aromatic carbocycles. The zero-order valence-corrected chi connectivity index (χ0v) is 13.5. The molecule has 0 saturated carbocycles. The van der Waals surface area contributed by atoms with Crippen LogP contribution in [0.1, 0.15) is 5.56 Å². The lowest BCUT2D eigenvalue weighted by Crippen LogP contribution is -2.28. The Labute approximate surface area is 142 Å². The number of terminal acetylenes is 1. The third kappa shape index (κ3) is 3.88. The monoisotopic (exact) mass is 347 g/mol. The SMILES string of the molecule is C#CCN1C(=O)S/C(=C/c2ccc(OCC(=O)O)c(OC)c2)C1=O. The van der Waals surface area contributed by atoms with Gasteiger partial charge in [-0.3, -0.25) is 14.5 Å². The van der Waals surface area contributed by atoms with Crippen molar-refractivity contribution in [1.29, 1.82) is 0 Å². The minimum absolute atomic E-state index is 0.0761. The molecule has 1 aliphatic rings. The normalized spacial score (nSPS) is 15.5. The number of benzene rings is 1. The molecule has 0 atom stereocenters. The van der Waals surface area contributed by atoms with Crippen LogP contribution in [0.2, 0.25) is 0 Å². The number of hydrogen-bond acceptors (Lipinski definition) is 6.